The summed E-state index contributed by atoms with van der Waals surface area (Å²) in [4.78, 5) is 18.3. The van der Waals surface area contributed by atoms with Gasteiger partial charge in [0.1, 0.15) is 0 Å². The molecule has 2 atom stereocenters. The summed E-state index contributed by atoms with van der Waals surface area (Å²) in [7, 11) is 0. The zero-order valence-corrected chi connectivity index (χ0v) is 22.8. The number of carbonyl (C=O) groups is 1. The minimum absolute atomic E-state index is 0.119. The molecule has 6 nitrogen and oxygen atoms in total. The molecule has 4 aromatic rings. The SMILES string of the molecule is CC(=O)Nc1ccc(N2C(=S)N[C@H](c3ccccn3)[C@H]2c2cc(C)n(-c3cccc(Cl)c3Cl)c2C)cc1. The Kier molecular flexibility index (Phi) is 6.94. The van der Waals surface area contributed by atoms with Crippen molar-refractivity contribution < 1.29 is 4.79 Å². The van der Waals surface area contributed by atoms with Crippen LogP contribution in [-0.4, -0.2) is 20.6 Å². The molecule has 2 aromatic carbocycles. The van der Waals surface area contributed by atoms with Crippen molar-refractivity contribution in [3.8, 4) is 5.69 Å². The van der Waals surface area contributed by atoms with Crippen molar-refractivity contribution in [2.24, 2.45) is 0 Å². The molecule has 0 unspecified atom stereocenters. The third-order valence-corrected chi connectivity index (χ3v) is 7.65. The monoisotopic (exact) mass is 549 g/mol. The van der Waals surface area contributed by atoms with Crippen molar-refractivity contribution in [1.82, 2.24) is 14.9 Å². The average molecular weight is 551 g/mol. The van der Waals surface area contributed by atoms with Crippen LogP contribution >= 0.6 is 35.4 Å². The standard InChI is InChI=1S/C28H25Cl2N5OS/c1-16-15-21(17(2)34(16)24-9-6-7-22(29)25(24)30)27-26(23-8-4-5-14-31-23)33-28(37)35(27)20-12-10-19(11-13-20)32-18(3)36/h4-15,26-27H,1-3H3,(H,32,36)(H,33,37)/t26-,27-/m1/s1. The lowest BCUT2D eigenvalue weighted by Gasteiger charge is -2.28. The predicted octanol–water partition coefficient (Wildman–Crippen LogP) is 6.93. The molecule has 3 heterocycles. The van der Waals surface area contributed by atoms with Crippen molar-refractivity contribution >= 4 is 57.8 Å². The zero-order chi connectivity index (χ0) is 26.3. The van der Waals surface area contributed by atoms with Crippen LogP contribution in [0.5, 0.6) is 0 Å². The highest BCUT2D eigenvalue weighted by molar-refractivity contribution is 7.80. The molecule has 2 N–H and O–H groups in total. The van der Waals surface area contributed by atoms with Crippen LogP contribution in [0.3, 0.4) is 0 Å². The first-order valence-corrected chi connectivity index (χ1v) is 12.9. The minimum atomic E-state index is -0.188. The number of halogens is 2. The maximum absolute atomic E-state index is 11.5. The quantitative estimate of drug-likeness (QED) is 0.264. The smallest absolute Gasteiger partial charge is 0.221 e. The maximum Gasteiger partial charge on any atom is 0.221 e. The van der Waals surface area contributed by atoms with Gasteiger partial charge in [-0.2, -0.15) is 0 Å². The molecule has 37 heavy (non-hydrogen) atoms. The van der Waals surface area contributed by atoms with Crippen LogP contribution in [0, 0.1) is 13.8 Å². The van der Waals surface area contributed by atoms with Gasteiger partial charge in [0, 0.05) is 35.9 Å². The fourth-order valence-corrected chi connectivity index (χ4v) is 5.71. The number of carbonyl (C=O) groups excluding carboxylic acids is 1. The van der Waals surface area contributed by atoms with Crippen LogP contribution in [0.1, 0.15) is 41.7 Å². The first kappa shape index (κ1) is 25.3. The Balaban J connectivity index is 1.65. The summed E-state index contributed by atoms with van der Waals surface area (Å²) in [6, 6.07) is 21.0. The minimum Gasteiger partial charge on any atom is -0.351 e. The van der Waals surface area contributed by atoms with Crippen LogP contribution in [0.4, 0.5) is 11.4 Å². The Bertz CT molecular complexity index is 1490. The first-order chi connectivity index (χ1) is 17.8. The second kappa shape index (κ2) is 10.2. The number of hydrogen-bond acceptors (Lipinski definition) is 3. The number of nitrogens with one attached hydrogen (secondary N) is 2. The Hall–Kier alpha value is -3.39. The number of benzene rings is 2. The largest absolute Gasteiger partial charge is 0.351 e. The molecule has 1 saturated heterocycles. The number of amides is 1. The number of nitrogens with zero attached hydrogens (tertiary/aromatic N) is 3. The van der Waals surface area contributed by atoms with E-state index in [2.05, 4.69) is 45.0 Å². The van der Waals surface area contributed by atoms with Crippen molar-refractivity contribution in [2.45, 2.75) is 32.9 Å². The molecular formula is C28H25Cl2N5OS. The van der Waals surface area contributed by atoms with Crippen molar-refractivity contribution in [3.05, 3.63) is 106 Å². The molecule has 1 amide bonds. The molecule has 1 aliphatic heterocycles. The second-order valence-corrected chi connectivity index (χ2v) is 10.1. The molecule has 0 spiro atoms. The molecular weight excluding hydrogens is 525 g/mol. The zero-order valence-electron chi connectivity index (χ0n) is 20.5. The van der Waals surface area contributed by atoms with Gasteiger partial charge in [-0.05, 0) is 86.2 Å². The van der Waals surface area contributed by atoms with Gasteiger partial charge in [0.2, 0.25) is 5.91 Å². The van der Waals surface area contributed by atoms with E-state index in [-0.39, 0.29) is 18.0 Å². The molecule has 2 aromatic heterocycles. The summed E-state index contributed by atoms with van der Waals surface area (Å²) < 4.78 is 2.12. The van der Waals surface area contributed by atoms with Crippen molar-refractivity contribution in [2.75, 3.05) is 10.2 Å². The number of rotatable bonds is 5. The summed E-state index contributed by atoms with van der Waals surface area (Å²) >= 11 is 18.9. The van der Waals surface area contributed by atoms with Crippen LogP contribution in [0.25, 0.3) is 5.69 Å². The highest BCUT2D eigenvalue weighted by Gasteiger charge is 2.42. The van der Waals surface area contributed by atoms with Crippen molar-refractivity contribution in [3.63, 3.8) is 0 Å². The molecule has 188 valence electrons. The molecule has 9 heteroatoms. The van der Waals surface area contributed by atoms with E-state index >= 15 is 0 Å². The van der Waals surface area contributed by atoms with Gasteiger partial charge in [0.05, 0.1) is 33.5 Å². The third kappa shape index (κ3) is 4.70. The van der Waals surface area contributed by atoms with E-state index in [4.69, 9.17) is 35.4 Å². The van der Waals surface area contributed by atoms with Crippen molar-refractivity contribution in [1.29, 1.82) is 0 Å². The molecule has 5 rings (SSSR count). The average Bonchev–Trinajstić information content (AvgIpc) is 3.37. The van der Waals surface area contributed by atoms with E-state index in [0.29, 0.717) is 15.2 Å². The van der Waals surface area contributed by atoms with Gasteiger partial charge < -0.3 is 20.1 Å². The Morgan fingerprint density at radius 1 is 1.05 bits per heavy atom. The molecule has 0 bridgehead atoms. The number of aromatic nitrogens is 2. The number of pyridine rings is 1. The fourth-order valence-electron chi connectivity index (χ4n) is 4.98. The van der Waals surface area contributed by atoms with E-state index in [1.807, 2.05) is 54.6 Å². The normalized spacial score (nSPS) is 17.1. The summed E-state index contributed by atoms with van der Waals surface area (Å²) in [5.74, 6) is -0.119. The highest BCUT2D eigenvalue weighted by Crippen LogP contribution is 2.44. The van der Waals surface area contributed by atoms with E-state index in [0.717, 1.165) is 39.7 Å². The van der Waals surface area contributed by atoms with E-state index in [1.165, 1.54) is 6.92 Å². The summed E-state index contributed by atoms with van der Waals surface area (Å²) in [5.41, 5.74) is 6.47. The molecule has 0 saturated carbocycles. The van der Waals surface area contributed by atoms with Crippen LogP contribution in [-0.2, 0) is 4.79 Å². The third-order valence-electron chi connectivity index (χ3n) is 6.52. The predicted molar refractivity (Wildman–Crippen MR) is 154 cm³/mol. The lowest BCUT2D eigenvalue weighted by Crippen LogP contribution is -2.29. The van der Waals surface area contributed by atoms with Gasteiger partial charge in [0.15, 0.2) is 5.11 Å². The summed E-state index contributed by atoms with van der Waals surface area (Å²) in [6.07, 6.45) is 1.79. The highest BCUT2D eigenvalue weighted by atomic mass is 35.5. The van der Waals surface area contributed by atoms with Gasteiger partial charge >= 0.3 is 0 Å². The van der Waals surface area contributed by atoms with E-state index < -0.39 is 0 Å². The van der Waals surface area contributed by atoms with Crippen LogP contribution in [0.2, 0.25) is 10.0 Å². The second-order valence-electron chi connectivity index (χ2n) is 8.96. The number of thiocarbonyl (C=S) groups is 1. The lowest BCUT2D eigenvalue weighted by molar-refractivity contribution is -0.114. The Morgan fingerprint density at radius 3 is 2.49 bits per heavy atom. The van der Waals surface area contributed by atoms with E-state index in [1.54, 1.807) is 12.3 Å². The molecule has 0 aliphatic carbocycles. The number of aryl methyl sites for hydroxylation is 1. The van der Waals surface area contributed by atoms with Gasteiger partial charge in [-0.25, -0.2) is 0 Å². The fraction of sp³-hybridized carbons (Fsp3) is 0.179. The number of anilines is 2. The van der Waals surface area contributed by atoms with Gasteiger partial charge in [0.25, 0.3) is 0 Å². The Morgan fingerprint density at radius 2 is 1.81 bits per heavy atom. The Labute approximate surface area is 231 Å². The summed E-state index contributed by atoms with van der Waals surface area (Å²) in [6.45, 7) is 5.62. The first-order valence-electron chi connectivity index (χ1n) is 11.8. The molecule has 1 fully saturated rings. The summed E-state index contributed by atoms with van der Waals surface area (Å²) in [5, 5.41) is 7.92. The van der Waals surface area contributed by atoms with Gasteiger partial charge in [-0.1, -0.05) is 35.3 Å². The van der Waals surface area contributed by atoms with E-state index in [9.17, 15) is 4.79 Å². The lowest BCUT2D eigenvalue weighted by atomic mass is 9.96. The topological polar surface area (TPSA) is 62.2 Å². The van der Waals surface area contributed by atoms with Crippen LogP contribution < -0.4 is 15.5 Å². The maximum atomic E-state index is 11.5. The van der Waals surface area contributed by atoms with Gasteiger partial charge in [-0.15, -0.1) is 0 Å². The molecule has 1 aliphatic rings. The molecule has 0 radical (unpaired) electrons. The van der Waals surface area contributed by atoms with Crippen LogP contribution in [0.15, 0.2) is 72.9 Å². The number of hydrogen-bond donors (Lipinski definition) is 2. The van der Waals surface area contributed by atoms with Gasteiger partial charge in [-0.3, -0.25) is 9.78 Å².